The number of hydrogen-bond donors (Lipinski definition) is 2. The summed E-state index contributed by atoms with van der Waals surface area (Å²) < 4.78 is 47.8. The van der Waals surface area contributed by atoms with Gasteiger partial charge in [0, 0.05) is 10.0 Å². The van der Waals surface area contributed by atoms with Crippen LogP contribution in [0.15, 0.2) is 48.5 Å². The van der Waals surface area contributed by atoms with E-state index in [-0.39, 0.29) is 10.6 Å². The fourth-order valence-corrected chi connectivity index (χ4v) is 1.85. The van der Waals surface area contributed by atoms with E-state index in [4.69, 9.17) is 36.5 Å². The van der Waals surface area contributed by atoms with Crippen LogP contribution in [-0.4, -0.2) is 23.3 Å². The highest BCUT2D eigenvalue weighted by atomic mass is 35.5. The Bertz CT molecular complexity index is 828. The molecule has 1 aliphatic rings. The summed E-state index contributed by atoms with van der Waals surface area (Å²) in [5.74, 6) is 0. The average molecular weight is 333 g/mol. The molecule has 112 valence electrons. The maximum Gasteiger partial charge on any atom is 0.106 e. The maximum atomic E-state index is 9.43. The molecule has 0 saturated carbocycles. The van der Waals surface area contributed by atoms with E-state index in [1.54, 1.807) is 24.3 Å². The van der Waals surface area contributed by atoms with Crippen molar-refractivity contribution >= 4 is 23.2 Å². The maximum absolute atomic E-state index is 9.43. The number of hydrogen-bond acceptors (Lipinski definition) is 3. The van der Waals surface area contributed by atoms with E-state index in [1.165, 1.54) is 24.3 Å². The van der Waals surface area contributed by atoms with E-state index < -0.39 is 25.3 Å². The number of ether oxygens (including phenoxy) is 1. The minimum absolute atomic E-state index is 0.0995. The second-order valence-corrected chi connectivity index (χ2v) is 4.89. The van der Waals surface area contributed by atoms with Gasteiger partial charge in [-0.1, -0.05) is 47.5 Å². The summed E-state index contributed by atoms with van der Waals surface area (Å²) >= 11 is 11.3. The highest BCUT2D eigenvalue weighted by Gasteiger charge is 2.24. The van der Waals surface area contributed by atoms with Crippen molar-refractivity contribution in [3.63, 3.8) is 0 Å². The molecule has 0 aliphatic carbocycles. The van der Waals surface area contributed by atoms with Crippen molar-refractivity contribution in [1.82, 2.24) is 0 Å². The Morgan fingerprint density at radius 1 is 1.33 bits per heavy atom. The molecule has 21 heavy (non-hydrogen) atoms. The van der Waals surface area contributed by atoms with Gasteiger partial charge in [-0.3, -0.25) is 0 Å². The van der Waals surface area contributed by atoms with Crippen molar-refractivity contribution < 1.29 is 23.2 Å². The van der Waals surface area contributed by atoms with Crippen LogP contribution in [0.2, 0.25) is 10.0 Å². The lowest BCUT2D eigenvalue weighted by Crippen LogP contribution is -2.01. The molecule has 3 rings (SSSR count). The van der Waals surface area contributed by atoms with Crippen molar-refractivity contribution in [2.75, 3.05) is 13.1 Å². The van der Waals surface area contributed by atoms with Gasteiger partial charge < -0.3 is 14.9 Å². The molecule has 0 bridgehead atoms. The van der Waals surface area contributed by atoms with Crippen LogP contribution in [0, 0.1) is 0 Å². The molecule has 2 unspecified atom stereocenters. The van der Waals surface area contributed by atoms with Crippen LogP contribution in [0.4, 0.5) is 0 Å². The minimum Gasteiger partial charge on any atom is -0.393 e. The molecule has 0 amide bonds. The number of rotatable bonds is 3. The van der Waals surface area contributed by atoms with Gasteiger partial charge in [-0.2, -0.15) is 0 Å². The van der Waals surface area contributed by atoms with Gasteiger partial charge in [-0.15, -0.1) is 0 Å². The first-order valence-corrected chi connectivity index (χ1v) is 6.63. The van der Waals surface area contributed by atoms with Gasteiger partial charge in [0.15, 0.2) is 0 Å². The van der Waals surface area contributed by atoms with Crippen LogP contribution in [0.1, 0.15) is 31.5 Å². The summed E-state index contributed by atoms with van der Waals surface area (Å²) in [5.41, 5.74) is 0.350. The molecule has 3 nitrogen and oxygen atoms in total. The molecule has 2 aromatic carbocycles. The second-order valence-electron chi connectivity index (χ2n) is 4.01. The highest BCUT2D eigenvalue weighted by molar-refractivity contribution is 6.30. The standard InChI is InChI=1S/C8H9ClO2.C8H7ClO/c9-7-3-1-2-6(4-7)8(11)5-10;9-7-3-1-2-6(4-7)8-5-10-8/h1-4,8,10-11H,5H2;1-4,8H,5H2/i2*5D2,8D. The third-order valence-corrected chi connectivity index (χ3v) is 2.97. The van der Waals surface area contributed by atoms with Crippen molar-refractivity contribution in [3.8, 4) is 0 Å². The summed E-state index contributed by atoms with van der Waals surface area (Å²) in [5, 5.41) is 19.1. The zero-order chi connectivity index (χ0) is 20.7. The van der Waals surface area contributed by atoms with Gasteiger partial charge >= 0.3 is 0 Å². The molecule has 1 saturated heterocycles. The van der Waals surface area contributed by atoms with Gasteiger partial charge in [0.25, 0.3) is 0 Å². The Morgan fingerprint density at radius 3 is 2.48 bits per heavy atom. The molecule has 2 aromatic rings. The van der Waals surface area contributed by atoms with Crippen LogP contribution in [0.25, 0.3) is 0 Å². The molecule has 0 spiro atoms. The topological polar surface area (TPSA) is 53.0 Å². The van der Waals surface area contributed by atoms with Crippen LogP contribution in [-0.2, 0) is 4.74 Å². The molecule has 2 atom stereocenters. The van der Waals surface area contributed by atoms with Gasteiger partial charge in [0.2, 0.25) is 0 Å². The van der Waals surface area contributed by atoms with Crippen molar-refractivity contribution in [2.45, 2.75) is 12.2 Å². The summed E-state index contributed by atoms with van der Waals surface area (Å²) in [6.45, 7) is -4.94. The quantitative estimate of drug-likeness (QED) is 0.841. The molecule has 1 fully saturated rings. The summed E-state index contributed by atoms with van der Waals surface area (Å²) in [6.07, 6.45) is -4.30. The van der Waals surface area contributed by atoms with E-state index in [0.717, 1.165) is 0 Å². The zero-order valence-electron chi connectivity index (χ0n) is 16.7. The van der Waals surface area contributed by atoms with Gasteiger partial charge in [-0.25, -0.2) is 0 Å². The molecule has 1 heterocycles. The lowest BCUT2D eigenvalue weighted by molar-refractivity contribution is 0.0956. The summed E-state index contributed by atoms with van der Waals surface area (Å²) in [7, 11) is 0. The largest absolute Gasteiger partial charge is 0.393 e. The Morgan fingerprint density at radius 2 is 1.95 bits per heavy atom. The van der Waals surface area contributed by atoms with E-state index in [1.807, 2.05) is 0 Å². The first-order valence-electron chi connectivity index (χ1n) is 8.88. The fraction of sp³-hybridized carbons (Fsp3) is 0.250. The Hall–Kier alpha value is -1.10. The fourth-order valence-electron chi connectivity index (χ4n) is 1.47. The van der Waals surface area contributed by atoms with Crippen LogP contribution < -0.4 is 0 Å². The number of aliphatic hydroxyl groups is 2. The molecular weight excluding hydrogens is 311 g/mol. The summed E-state index contributed by atoms with van der Waals surface area (Å²) in [4.78, 5) is 0. The van der Waals surface area contributed by atoms with Gasteiger partial charge in [-0.05, 0) is 35.4 Å². The normalized spacial score (nSPS) is 29.9. The monoisotopic (exact) mass is 332 g/mol. The number of benzene rings is 2. The number of halogens is 2. The summed E-state index contributed by atoms with van der Waals surface area (Å²) in [6, 6.07) is 12.0. The van der Waals surface area contributed by atoms with Crippen molar-refractivity contribution in [1.29, 1.82) is 0 Å². The molecule has 2 N–H and O–H groups in total. The molecule has 5 heteroatoms. The number of epoxide rings is 1. The molecule has 0 radical (unpaired) electrons. The molecule has 0 aromatic heterocycles. The lowest BCUT2D eigenvalue weighted by atomic mass is 10.1. The third kappa shape index (κ3) is 5.30. The highest BCUT2D eigenvalue weighted by Crippen LogP contribution is 2.30. The van der Waals surface area contributed by atoms with Crippen molar-refractivity contribution in [3.05, 3.63) is 69.7 Å². The van der Waals surface area contributed by atoms with Crippen LogP contribution in [0.3, 0.4) is 0 Å². The van der Waals surface area contributed by atoms with E-state index in [9.17, 15) is 5.11 Å². The SMILES string of the molecule is [2H]C([2H])(O)C([2H])(O)c1cccc(Cl)c1.[2H]C1([2H])OC1([2H])c1cccc(Cl)c1. The van der Waals surface area contributed by atoms with E-state index in [0.29, 0.717) is 10.6 Å². The first kappa shape index (κ1) is 9.82. The molecular formula is C16H16Cl2O3. The predicted molar refractivity (Wildman–Crippen MR) is 83.6 cm³/mol. The Labute approximate surface area is 142 Å². The average Bonchev–Trinajstić information content (AvgIpc) is 3.06. The Kier molecular flexibility index (Phi) is 3.64. The first-order chi connectivity index (χ1) is 12.2. The minimum atomic E-state index is -3.04. The zero-order valence-corrected chi connectivity index (χ0v) is 12.2. The second kappa shape index (κ2) is 7.78. The van der Waals surface area contributed by atoms with Crippen LogP contribution >= 0.6 is 23.2 Å². The van der Waals surface area contributed by atoms with E-state index in [2.05, 4.69) is 4.74 Å². The molecule has 1 aliphatic heterocycles. The van der Waals surface area contributed by atoms with Crippen molar-refractivity contribution in [2.24, 2.45) is 0 Å². The third-order valence-electron chi connectivity index (χ3n) is 2.49. The van der Waals surface area contributed by atoms with Gasteiger partial charge in [0.1, 0.15) is 12.2 Å². The van der Waals surface area contributed by atoms with E-state index >= 15 is 0 Å². The lowest BCUT2D eigenvalue weighted by Gasteiger charge is -2.06. The Balaban J connectivity index is 0.000000194. The van der Waals surface area contributed by atoms with Crippen LogP contribution in [0.5, 0.6) is 0 Å². The smallest absolute Gasteiger partial charge is 0.106 e. The van der Waals surface area contributed by atoms with Gasteiger partial charge in [0.05, 0.1) is 21.3 Å². The predicted octanol–water partition coefficient (Wildman–Crippen LogP) is 3.78.